The van der Waals surface area contributed by atoms with Crippen LogP contribution in [-0.4, -0.2) is 10.2 Å². The van der Waals surface area contributed by atoms with Crippen molar-refractivity contribution in [3.63, 3.8) is 0 Å². The zero-order valence-corrected chi connectivity index (χ0v) is 7.06. The summed E-state index contributed by atoms with van der Waals surface area (Å²) in [6.07, 6.45) is 1.75. The van der Waals surface area contributed by atoms with Crippen molar-refractivity contribution in [3.05, 3.63) is 30.0 Å². The van der Waals surface area contributed by atoms with Gasteiger partial charge in [-0.3, -0.25) is 5.41 Å². The van der Waals surface area contributed by atoms with Crippen LogP contribution in [0.15, 0.2) is 24.4 Å². The van der Waals surface area contributed by atoms with Gasteiger partial charge in [-0.2, -0.15) is 4.37 Å². The Morgan fingerprint density at radius 1 is 1.50 bits per heavy atom. The quantitative estimate of drug-likeness (QED) is 0.513. The summed E-state index contributed by atoms with van der Waals surface area (Å²) in [4.78, 5) is 0. The molecular weight excluding hydrogens is 170 g/mol. The first-order chi connectivity index (χ1) is 5.79. The minimum absolute atomic E-state index is 0.0980. The summed E-state index contributed by atoms with van der Waals surface area (Å²) in [5.41, 5.74) is 6.16. The van der Waals surface area contributed by atoms with Crippen LogP contribution in [0.25, 0.3) is 10.1 Å². The Kier molecular flexibility index (Phi) is 1.55. The summed E-state index contributed by atoms with van der Waals surface area (Å²) in [5, 5.41) is 8.28. The average Bonchev–Trinajstić information content (AvgIpc) is 2.49. The molecule has 0 bridgehead atoms. The van der Waals surface area contributed by atoms with E-state index in [4.69, 9.17) is 11.1 Å². The van der Waals surface area contributed by atoms with Crippen molar-refractivity contribution >= 4 is 27.5 Å². The Labute approximate surface area is 73.5 Å². The molecule has 0 spiro atoms. The monoisotopic (exact) mass is 177 g/mol. The fourth-order valence-electron chi connectivity index (χ4n) is 1.13. The van der Waals surface area contributed by atoms with Crippen LogP contribution in [0.4, 0.5) is 0 Å². The molecular formula is C8H7N3S. The van der Waals surface area contributed by atoms with E-state index in [1.165, 1.54) is 11.5 Å². The molecule has 1 aromatic heterocycles. The molecule has 12 heavy (non-hydrogen) atoms. The van der Waals surface area contributed by atoms with E-state index >= 15 is 0 Å². The van der Waals surface area contributed by atoms with Crippen molar-refractivity contribution in [2.45, 2.75) is 0 Å². The van der Waals surface area contributed by atoms with Gasteiger partial charge >= 0.3 is 0 Å². The maximum atomic E-state index is 7.31. The highest BCUT2D eigenvalue weighted by molar-refractivity contribution is 7.13. The number of rotatable bonds is 1. The SMILES string of the molecule is N=C(N)c1cccc2sncc12. The smallest absolute Gasteiger partial charge is 0.123 e. The number of aromatic nitrogens is 1. The normalized spacial score (nSPS) is 10.3. The number of hydrogen-bond donors (Lipinski definition) is 2. The molecule has 4 heteroatoms. The lowest BCUT2D eigenvalue weighted by atomic mass is 10.1. The fraction of sp³-hybridized carbons (Fsp3) is 0. The summed E-state index contributed by atoms with van der Waals surface area (Å²) in [6, 6.07) is 5.69. The van der Waals surface area contributed by atoms with Crippen LogP contribution in [0.3, 0.4) is 0 Å². The second kappa shape index (κ2) is 2.57. The average molecular weight is 177 g/mol. The van der Waals surface area contributed by atoms with Crippen LogP contribution in [0.5, 0.6) is 0 Å². The molecule has 1 heterocycles. The predicted octanol–water partition coefficient (Wildman–Crippen LogP) is 1.58. The molecule has 2 aromatic rings. The van der Waals surface area contributed by atoms with Gasteiger partial charge in [-0.15, -0.1) is 0 Å². The largest absolute Gasteiger partial charge is 0.384 e. The van der Waals surface area contributed by atoms with Crippen molar-refractivity contribution in [1.82, 2.24) is 4.37 Å². The van der Waals surface area contributed by atoms with Crippen molar-refractivity contribution in [1.29, 1.82) is 5.41 Å². The lowest BCUT2D eigenvalue weighted by Gasteiger charge is -1.97. The molecule has 0 radical (unpaired) electrons. The van der Waals surface area contributed by atoms with E-state index in [2.05, 4.69) is 4.37 Å². The maximum absolute atomic E-state index is 7.31. The standard InChI is InChI=1S/C8H7N3S/c9-8(10)5-2-1-3-7-6(5)4-11-12-7/h1-4H,(H3,9,10). The van der Waals surface area contributed by atoms with Gasteiger partial charge in [0.2, 0.25) is 0 Å². The van der Waals surface area contributed by atoms with Crippen LogP contribution >= 0.6 is 11.5 Å². The minimum atomic E-state index is 0.0980. The molecule has 0 aliphatic rings. The van der Waals surface area contributed by atoms with Gasteiger partial charge in [-0.05, 0) is 17.6 Å². The first kappa shape index (κ1) is 7.24. The molecule has 1 aromatic carbocycles. The van der Waals surface area contributed by atoms with Gasteiger partial charge in [0.1, 0.15) is 5.84 Å². The molecule has 2 rings (SSSR count). The third-order valence-corrected chi connectivity index (χ3v) is 2.45. The summed E-state index contributed by atoms with van der Waals surface area (Å²) in [5.74, 6) is 0.0980. The number of benzene rings is 1. The Morgan fingerprint density at radius 3 is 3.08 bits per heavy atom. The topological polar surface area (TPSA) is 62.8 Å². The maximum Gasteiger partial charge on any atom is 0.123 e. The number of nitrogens with one attached hydrogen (secondary N) is 1. The van der Waals surface area contributed by atoms with Gasteiger partial charge in [-0.1, -0.05) is 12.1 Å². The van der Waals surface area contributed by atoms with Crippen LogP contribution in [0.1, 0.15) is 5.56 Å². The molecule has 0 saturated heterocycles. The van der Waals surface area contributed by atoms with Gasteiger partial charge in [0.05, 0.1) is 4.70 Å². The van der Waals surface area contributed by atoms with Crippen molar-refractivity contribution in [2.24, 2.45) is 5.73 Å². The number of hydrogen-bond acceptors (Lipinski definition) is 3. The first-order valence-corrected chi connectivity index (χ1v) is 4.24. The Hall–Kier alpha value is -1.42. The molecule has 3 N–H and O–H groups in total. The van der Waals surface area contributed by atoms with E-state index in [1.807, 2.05) is 18.2 Å². The Morgan fingerprint density at radius 2 is 2.33 bits per heavy atom. The second-order valence-corrected chi connectivity index (χ2v) is 3.29. The van der Waals surface area contributed by atoms with E-state index in [1.54, 1.807) is 6.20 Å². The highest BCUT2D eigenvalue weighted by Gasteiger charge is 2.03. The van der Waals surface area contributed by atoms with Crippen LogP contribution in [0.2, 0.25) is 0 Å². The van der Waals surface area contributed by atoms with Gasteiger partial charge in [0.25, 0.3) is 0 Å². The molecule has 0 aliphatic carbocycles. The van der Waals surface area contributed by atoms with Gasteiger partial charge in [0.15, 0.2) is 0 Å². The molecule has 0 unspecified atom stereocenters. The van der Waals surface area contributed by atoms with Crippen molar-refractivity contribution in [2.75, 3.05) is 0 Å². The minimum Gasteiger partial charge on any atom is -0.384 e. The van der Waals surface area contributed by atoms with Crippen molar-refractivity contribution < 1.29 is 0 Å². The van der Waals surface area contributed by atoms with E-state index < -0.39 is 0 Å². The van der Waals surface area contributed by atoms with E-state index in [-0.39, 0.29) is 5.84 Å². The highest BCUT2D eigenvalue weighted by Crippen LogP contribution is 2.20. The number of nitrogens with zero attached hydrogens (tertiary/aromatic N) is 1. The third-order valence-electron chi connectivity index (χ3n) is 1.69. The molecule has 0 saturated carbocycles. The molecule has 60 valence electrons. The van der Waals surface area contributed by atoms with Crippen LogP contribution in [-0.2, 0) is 0 Å². The zero-order chi connectivity index (χ0) is 8.55. The second-order valence-electron chi connectivity index (χ2n) is 2.46. The van der Waals surface area contributed by atoms with Gasteiger partial charge < -0.3 is 5.73 Å². The molecule has 0 atom stereocenters. The fourth-order valence-corrected chi connectivity index (χ4v) is 1.80. The zero-order valence-electron chi connectivity index (χ0n) is 6.24. The van der Waals surface area contributed by atoms with E-state index in [0.29, 0.717) is 0 Å². The Bertz CT molecular complexity index is 433. The summed E-state index contributed by atoms with van der Waals surface area (Å²) in [6.45, 7) is 0. The number of amidine groups is 1. The first-order valence-electron chi connectivity index (χ1n) is 3.47. The summed E-state index contributed by atoms with van der Waals surface area (Å²) in [7, 11) is 0. The third kappa shape index (κ3) is 0.967. The van der Waals surface area contributed by atoms with Crippen LogP contribution in [0, 0.1) is 5.41 Å². The van der Waals surface area contributed by atoms with Gasteiger partial charge in [0, 0.05) is 17.1 Å². The lowest BCUT2D eigenvalue weighted by molar-refractivity contribution is 1.44. The molecule has 0 aliphatic heterocycles. The molecule has 0 fully saturated rings. The van der Waals surface area contributed by atoms with E-state index in [9.17, 15) is 0 Å². The van der Waals surface area contributed by atoms with Gasteiger partial charge in [-0.25, -0.2) is 0 Å². The highest BCUT2D eigenvalue weighted by atomic mass is 32.1. The van der Waals surface area contributed by atoms with Crippen molar-refractivity contribution in [3.8, 4) is 0 Å². The Balaban J connectivity index is 2.82. The molecule has 0 amide bonds. The number of nitrogen functional groups attached to an aromatic ring is 1. The number of nitrogens with two attached hydrogens (primary N) is 1. The lowest BCUT2D eigenvalue weighted by Crippen LogP contribution is -2.10. The van der Waals surface area contributed by atoms with Crippen LogP contribution < -0.4 is 5.73 Å². The van der Waals surface area contributed by atoms with E-state index in [0.717, 1.165) is 15.6 Å². The summed E-state index contributed by atoms with van der Waals surface area (Å²) >= 11 is 1.42. The summed E-state index contributed by atoms with van der Waals surface area (Å²) < 4.78 is 5.11. The predicted molar refractivity (Wildman–Crippen MR) is 50.6 cm³/mol. The number of fused-ring (bicyclic) bond motifs is 1. The molecule has 3 nitrogen and oxygen atoms in total.